The fourth-order valence-corrected chi connectivity index (χ4v) is 7.18. The van der Waals surface area contributed by atoms with E-state index in [1.54, 1.807) is 24.1 Å². The van der Waals surface area contributed by atoms with Gasteiger partial charge in [0.2, 0.25) is 0 Å². The molecule has 0 saturated carbocycles. The molecule has 1 aromatic carbocycles. The van der Waals surface area contributed by atoms with Crippen LogP contribution in [0.2, 0.25) is 10.2 Å². The van der Waals surface area contributed by atoms with E-state index < -0.39 is 11.0 Å². The van der Waals surface area contributed by atoms with Crippen molar-refractivity contribution in [2.75, 3.05) is 31.7 Å². The molecule has 2 saturated heterocycles. The van der Waals surface area contributed by atoms with Crippen LogP contribution in [0.3, 0.4) is 0 Å². The summed E-state index contributed by atoms with van der Waals surface area (Å²) < 4.78 is 35.4. The Bertz CT molecular complexity index is 1700. The number of piperidine rings is 1. The van der Waals surface area contributed by atoms with Gasteiger partial charge in [0.15, 0.2) is 22.1 Å². The number of aromatic nitrogens is 5. The van der Waals surface area contributed by atoms with Gasteiger partial charge in [0.25, 0.3) is 5.88 Å². The first-order valence-electron chi connectivity index (χ1n) is 14.9. The van der Waals surface area contributed by atoms with Crippen LogP contribution in [0.25, 0.3) is 11.2 Å². The summed E-state index contributed by atoms with van der Waals surface area (Å²) in [5.41, 5.74) is 1.98. The van der Waals surface area contributed by atoms with Gasteiger partial charge >= 0.3 is 0 Å². The number of hydrogen-bond acceptors (Lipinski definition) is 9. The van der Waals surface area contributed by atoms with Crippen molar-refractivity contribution in [2.45, 2.75) is 64.0 Å². The molecule has 11 nitrogen and oxygen atoms in total. The molecule has 1 N–H and O–H groups in total. The summed E-state index contributed by atoms with van der Waals surface area (Å²) in [4.78, 5) is 16.1. The highest BCUT2D eigenvalue weighted by atomic mass is 35.5. The molecular formula is C31H37Cl2N7O4S. The highest BCUT2D eigenvalue weighted by Gasteiger charge is 2.50. The second-order valence-electron chi connectivity index (χ2n) is 12.6. The molecule has 3 atom stereocenters. The fourth-order valence-electron chi connectivity index (χ4n) is 5.86. The van der Waals surface area contributed by atoms with E-state index in [0.29, 0.717) is 30.1 Å². The number of nitrogens with one attached hydrogen (secondary N) is 1. The van der Waals surface area contributed by atoms with E-state index in [-0.39, 0.29) is 38.4 Å². The molecule has 2 aliphatic rings. The van der Waals surface area contributed by atoms with Gasteiger partial charge in [-0.15, -0.1) is 5.10 Å². The lowest BCUT2D eigenvalue weighted by Gasteiger charge is -2.43. The van der Waals surface area contributed by atoms with Gasteiger partial charge in [-0.05, 0) is 58.2 Å². The van der Waals surface area contributed by atoms with Gasteiger partial charge in [0, 0.05) is 30.8 Å². The Morgan fingerprint density at radius 3 is 2.56 bits per heavy atom. The molecule has 0 bridgehead atoms. The van der Waals surface area contributed by atoms with Gasteiger partial charge in [0.05, 0.1) is 54.3 Å². The number of methoxy groups -OCH3 is 1. The quantitative estimate of drug-likeness (QED) is 0.232. The van der Waals surface area contributed by atoms with E-state index in [0.717, 1.165) is 43.1 Å². The number of nitrogens with zero attached hydrogens (tertiary/aromatic N) is 6. The van der Waals surface area contributed by atoms with Gasteiger partial charge in [-0.25, -0.2) is 28.6 Å². The minimum Gasteiger partial charge on any atom is -0.497 e. The van der Waals surface area contributed by atoms with Crippen molar-refractivity contribution >= 4 is 51.2 Å². The van der Waals surface area contributed by atoms with E-state index >= 15 is 0 Å². The molecule has 2 aliphatic heterocycles. The Balaban J connectivity index is 1.28. The Hall–Kier alpha value is -3.03. The van der Waals surface area contributed by atoms with Crippen LogP contribution < -0.4 is 19.1 Å². The van der Waals surface area contributed by atoms with Gasteiger partial charge < -0.3 is 19.1 Å². The Morgan fingerprint density at radius 2 is 1.87 bits per heavy atom. The summed E-state index contributed by atoms with van der Waals surface area (Å²) >= 11 is 12.5. The fraction of sp³-hybridized carbons (Fsp3) is 0.484. The lowest BCUT2D eigenvalue weighted by atomic mass is 9.73. The van der Waals surface area contributed by atoms with E-state index in [1.165, 1.54) is 6.20 Å². The number of anilines is 1. The van der Waals surface area contributed by atoms with Crippen molar-refractivity contribution in [1.29, 1.82) is 0 Å². The molecule has 2 fully saturated rings. The number of rotatable bonds is 8. The average molecular weight is 675 g/mol. The SMILES string of the molecule is COc1ccc(Cn2nc(Oc3ccnc(Cl)c3Cl)c3ncc(N4CCC5(CC4)CO[C@@H](C)[C@H]5NS(=O)C(C)(C)C)nc32)cc1. The third-order valence-corrected chi connectivity index (χ3v) is 10.9. The second-order valence-corrected chi connectivity index (χ2v) is 15.3. The zero-order chi connectivity index (χ0) is 31.9. The topological polar surface area (TPSA) is 117 Å². The predicted octanol–water partition coefficient (Wildman–Crippen LogP) is 5.80. The van der Waals surface area contributed by atoms with Crippen LogP contribution in [0, 0.1) is 5.41 Å². The second kappa shape index (κ2) is 12.6. The van der Waals surface area contributed by atoms with E-state index in [2.05, 4.69) is 21.5 Å². The standard InChI is InChI=1S/C31H37Cl2N7O4S/c1-19-26(38-45(41)30(2,3)4)31(18-43-19)11-14-39(15-12-31)23-16-35-25-28(36-23)40(17-20-6-8-21(42-5)9-7-20)37-29(25)44-22-10-13-34-27(33)24(22)32/h6-10,13,16,19,26,38H,11-12,14-15,17-18H2,1-5H3/t19-,26+,45?/m0/s1. The maximum Gasteiger partial charge on any atom is 0.266 e. The minimum absolute atomic E-state index is 0.00687. The molecule has 3 aromatic heterocycles. The van der Waals surface area contributed by atoms with Crippen molar-refractivity contribution in [1.82, 2.24) is 29.5 Å². The summed E-state index contributed by atoms with van der Waals surface area (Å²) in [5.74, 6) is 2.10. The van der Waals surface area contributed by atoms with Crippen molar-refractivity contribution in [3.63, 3.8) is 0 Å². The minimum atomic E-state index is -1.19. The van der Waals surface area contributed by atoms with E-state index in [9.17, 15) is 4.21 Å². The molecular weight excluding hydrogens is 637 g/mol. The van der Waals surface area contributed by atoms with Crippen LogP contribution in [0.15, 0.2) is 42.7 Å². The first kappa shape index (κ1) is 31.9. The molecule has 14 heteroatoms. The average Bonchev–Trinajstić information content (AvgIpc) is 3.51. The summed E-state index contributed by atoms with van der Waals surface area (Å²) in [5, 5.41) is 5.07. The summed E-state index contributed by atoms with van der Waals surface area (Å²) in [6.45, 7) is 10.6. The molecule has 1 unspecified atom stereocenters. The highest BCUT2D eigenvalue weighted by Crippen LogP contribution is 2.43. The van der Waals surface area contributed by atoms with Crippen molar-refractivity contribution < 1.29 is 18.4 Å². The number of fused-ring (bicyclic) bond motifs is 1. The van der Waals surface area contributed by atoms with Gasteiger partial charge in [-0.2, -0.15) is 0 Å². The van der Waals surface area contributed by atoms with Crippen LogP contribution in [-0.4, -0.2) is 72.6 Å². The predicted molar refractivity (Wildman–Crippen MR) is 176 cm³/mol. The largest absolute Gasteiger partial charge is 0.497 e. The van der Waals surface area contributed by atoms with Crippen LogP contribution in [0.1, 0.15) is 46.1 Å². The summed E-state index contributed by atoms with van der Waals surface area (Å²) in [6, 6.07) is 9.41. The van der Waals surface area contributed by atoms with Gasteiger partial charge in [0.1, 0.15) is 16.6 Å². The zero-order valence-corrected chi connectivity index (χ0v) is 28.2. The van der Waals surface area contributed by atoms with Crippen LogP contribution in [-0.2, 0) is 22.3 Å². The molecule has 240 valence electrons. The molecule has 6 rings (SSSR count). The van der Waals surface area contributed by atoms with Gasteiger partial charge in [-0.1, -0.05) is 35.3 Å². The van der Waals surface area contributed by atoms with Crippen molar-refractivity contribution in [3.8, 4) is 17.4 Å². The molecule has 4 aromatic rings. The third kappa shape index (κ3) is 6.48. The van der Waals surface area contributed by atoms with E-state index in [1.807, 2.05) is 45.0 Å². The molecule has 1 spiro atoms. The van der Waals surface area contributed by atoms with Crippen molar-refractivity contribution in [3.05, 3.63) is 58.5 Å². The van der Waals surface area contributed by atoms with Crippen LogP contribution >= 0.6 is 23.2 Å². The zero-order valence-electron chi connectivity index (χ0n) is 25.9. The summed E-state index contributed by atoms with van der Waals surface area (Å²) in [6.07, 6.45) is 5.00. The maximum atomic E-state index is 13.0. The monoisotopic (exact) mass is 673 g/mol. The van der Waals surface area contributed by atoms with Gasteiger partial charge in [-0.3, -0.25) is 0 Å². The molecule has 0 radical (unpaired) electrons. The first-order valence-corrected chi connectivity index (χ1v) is 16.8. The normalized spacial score (nSPS) is 20.6. The highest BCUT2D eigenvalue weighted by molar-refractivity contribution is 7.84. The molecule has 0 amide bonds. The number of pyridine rings is 1. The van der Waals surface area contributed by atoms with Crippen LogP contribution in [0.4, 0.5) is 5.82 Å². The first-order chi connectivity index (χ1) is 21.5. The Morgan fingerprint density at radius 1 is 1.13 bits per heavy atom. The smallest absolute Gasteiger partial charge is 0.266 e. The number of ether oxygens (including phenoxy) is 3. The lowest BCUT2D eigenvalue weighted by molar-refractivity contribution is 0.0973. The molecule has 5 heterocycles. The lowest BCUT2D eigenvalue weighted by Crippen LogP contribution is -2.55. The third-order valence-electron chi connectivity index (χ3n) is 8.55. The maximum absolute atomic E-state index is 13.0. The molecule has 45 heavy (non-hydrogen) atoms. The Kier molecular flexibility index (Phi) is 8.97. The molecule has 0 aliphatic carbocycles. The van der Waals surface area contributed by atoms with Crippen LogP contribution in [0.5, 0.6) is 17.4 Å². The van der Waals surface area contributed by atoms with E-state index in [4.69, 9.17) is 52.5 Å². The number of halogens is 2. The summed E-state index contributed by atoms with van der Waals surface area (Å²) in [7, 11) is 0.452. The number of hydrogen-bond donors (Lipinski definition) is 1. The Labute approximate surface area is 275 Å². The number of benzene rings is 1. The van der Waals surface area contributed by atoms with Crippen molar-refractivity contribution in [2.24, 2.45) is 5.41 Å².